The number of esters is 1. The minimum atomic E-state index is -0.671. The minimum absolute atomic E-state index is 0.0160. The van der Waals surface area contributed by atoms with E-state index in [0.29, 0.717) is 28.4 Å². The molecule has 1 N–H and O–H groups in total. The van der Waals surface area contributed by atoms with E-state index in [9.17, 15) is 18.8 Å². The summed E-state index contributed by atoms with van der Waals surface area (Å²) in [5.41, 5.74) is 1.12. The molecule has 1 aromatic heterocycles. The third-order valence-corrected chi connectivity index (χ3v) is 5.39. The van der Waals surface area contributed by atoms with Crippen molar-refractivity contribution in [2.45, 2.75) is 13.2 Å². The van der Waals surface area contributed by atoms with Gasteiger partial charge in [-0.2, -0.15) is 0 Å². The van der Waals surface area contributed by atoms with Crippen LogP contribution in [0.3, 0.4) is 0 Å². The van der Waals surface area contributed by atoms with Gasteiger partial charge in [-0.25, -0.2) is 14.0 Å². The summed E-state index contributed by atoms with van der Waals surface area (Å²) in [6.07, 6.45) is 1.46. The van der Waals surface area contributed by atoms with E-state index in [-0.39, 0.29) is 36.2 Å². The summed E-state index contributed by atoms with van der Waals surface area (Å²) in [6.45, 7) is -0.114. The molecule has 1 fully saturated rings. The van der Waals surface area contributed by atoms with Crippen LogP contribution in [-0.2, 0) is 22.7 Å². The number of carbonyl (C=O) groups is 3. The fraction of sp³-hybridized carbons (Fsp3) is 0.192. The van der Waals surface area contributed by atoms with E-state index >= 15 is 0 Å². The predicted octanol–water partition coefficient (Wildman–Crippen LogP) is 3.89. The summed E-state index contributed by atoms with van der Waals surface area (Å²) >= 11 is 0. The monoisotopic (exact) mass is 510 g/mol. The smallest absolute Gasteiger partial charge is 0.373 e. The van der Waals surface area contributed by atoms with Crippen molar-refractivity contribution >= 4 is 24.0 Å². The molecular formula is C26H23FN2O8. The molecule has 2 heterocycles. The molecule has 1 saturated heterocycles. The van der Waals surface area contributed by atoms with Crippen LogP contribution in [-0.4, -0.2) is 44.1 Å². The molecule has 192 valence electrons. The molecule has 11 heteroatoms. The Morgan fingerprint density at radius 3 is 2.43 bits per heavy atom. The lowest BCUT2D eigenvalue weighted by Gasteiger charge is -2.15. The van der Waals surface area contributed by atoms with Gasteiger partial charge in [0.2, 0.25) is 11.5 Å². The average Bonchev–Trinajstić information content (AvgIpc) is 3.47. The summed E-state index contributed by atoms with van der Waals surface area (Å²) in [7, 11) is 4.10. The Kier molecular flexibility index (Phi) is 7.42. The Hall–Kier alpha value is -4.80. The van der Waals surface area contributed by atoms with Crippen LogP contribution in [0.5, 0.6) is 17.2 Å². The first-order valence-corrected chi connectivity index (χ1v) is 11.0. The van der Waals surface area contributed by atoms with Crippen LogP contribution < -0.4 is 19.5 Å². The predicted molar refractivity (Wildman–Crippen MR) is 127 cm³/mol. The maximum Gasteiger partial charge on any atom is 0.373 e. The lowest BCUT2D eigenvalue weighted by molar-refractivity contribution is -0.123. The molecule has 0 saturated carbocycles. The summed E-state index contributed by atoms with van der Waals surface area (Å²) in [6, 6.07) is 11.4. The van der Waals surface area contributed by atoms with Crippen molar-refractivity contribution in [1.82, 2.24) is 10.2 Å². The Morgan fingerprint density at radius 1 is 1.05 bits per heavy atom. The van der Waals surface area contributed by atoms with Gasteiger partial charge in [0.25, 0.3) is 5.91 Å². The summed E-state index contributed by atoms with van der Waals surface area (Å²) in [5, 5.41) is 2.52. The summed E-state index contributed by atoms with van der Waals surface area (Å²) in [5.74, 6) is -0.549. The maximum absolute atomic E-state index is 13.5. The van der Waals surface area contributed by atoms with Crippen LogP contribution in [0.4, 0.5) is 9.18 Å². The number of hydrogen-bond donors (Lipinski definition) is 1. The van der Waals surface area contributed by atoms with Gasteiger partial charge in [-0.15, -0.1) is 0 Å². The molecular weight excluding hydrogens is 487 g/mol. The highest BCUT2D eigenvalue weighted by Gasteiger charge is 2.34. The number of ether oxygens (including phenoxy) is 4. The molecule has 1 aliphatic rings. The van der Waals surface area contributed by atoms with Gasteiger partial charge in [0.1, 0.15) is 23.9 Å². The molecule has 0 radical (unpaired) electrons. The highest BCUT2D eigenvalue weighted by Crippen LogP contribution is 2.39. The van der Waals surface area contributed by atoms with Crippen LogP contribution in [0.2, 0.25) is 0 Å². The van der Waals surface area contributed by atoms with Crippen LogP contribution >= 0.6 is 0 Å². The van der Waals surface area contributed by atoms with Gasteiger partial charge in [0.05, 0.1) is 27.9 Å². The number of imide groups is 1. The topological polar surface area (TPSA) is 117 Å². The van der Waals surface area contributed by atoms with Gasteiger partial charge in [0.15, 0.2) is 11.5 Å². The number of nitrogens with one attached hydrogen (secondary N) is 1. The SMILES string of the molecule is COC(=O)c1ccc(CN2C(=O)N/C(=C\c3cc(OC)c(OCc4cccc(F)c4)c(OC)c3)C2=O)o1. The van der Waals surface area contributed by atoms with Crippen molar-refractivity contribution in [1.29, 1.82) is 0 Å². The Bertz CT molecular complexity index is 1360. The van der Waals surface area contributed by atoms with E-state index < -0.39 is 17.9 Å². The number of benzene rings is 2. The van der Waals surface area contributed by atoms with Crippen LogP contribution in [0.1, 0.15) is 27.4 Å². The molecule has 1 aliphatic heterocycles. The number of nitrogens with zero attached hydrogens (tertiary/aromatic N) is 1. The highest BCUT2D eigenvalue weighted by molar-refractivity contribution is 6.13. The van der Waals surface area contributed by atoms with Gasteiger partial charge in [-0.3, -0.25) is 9.69 Å². The van der Waals surface area contributed by atoms with Crippen molar-refractivity contribution in [3.05, 3.63) is 82.7 Å². The normalized spacial score (nSPS) is 14.1. The van der Waals surface area contributed by atoms with E-state index in [4.69, 9.17) is 18.6 Å². The second-order valence-corrected chi connectivity index (χ2v) is 7.81. The fourth-order valence-corrected chi connectivity index (χ4v) is 3.62. The minimum Gasteiger partial charge on any atom is -0.493 e. The molecule has 0 unspecified atom stereocenters. The summed E-state index contributed by atoms with van der Waals surface area (Å²) < 4.78 is 40.2. The quantitative estimate of drug-likeness (QED) is 0.262. The standard InChI is InChI=1S/C26H23FN2O8/c1-33-21-11-16(12-22(34-2)23(21)36-14-15-5-4-6-17(27)9-15)10-19-24(30)29(26(32)28-19)13-18-7-8-20(37-18)25(31)35-3/h4-12H,13-14H2,1-3H3,(H,28,32)/b19-10-. The lowest BCUT2D eigenvalue weighted by atomic mass is 10.1. The van der Waals surface area contributed by atoms with Crippen LogP contribution in [0.25, 0.3) is 6.08 Å². The molecule has 3 aromatic rings. The second kappa shape index (κ2) is 10.9. The van der Waals surface area contributed by atoms with E-state index in [0.717, 1.165) is 4.90 Å². The number of rotatable bonds is 9. The lowest BCUT2D eigenvalue weighted by Crippen LogP contribution is -2.30. The molecule has 0 aliphatic carbocycles. The largest absolute Gasteiger partial charge is 0.493 e. The molecule has 0 bridgehead atoms. The van der Waals surface area contributed by atoms with Gasteiger partial charge < -0.3 is 28.7 Å². The number of carbonyl (C=O) groups excluding carboxylic acids is 3. The van der Waals surface area contributed by atoms with Crippen molar-refractivity contribution < 1.29 is 42.1 Å². The van der Waals surface area contributed by atoms with Gasteiger partial charge in [-0.1, -0.05) is 12.1 Å². The zero-order chi connectivity index (χ0) is 26.5. The number of furan rings is 1. The average molecular weight is 510 g/mol. The molecule has 0 spiro atoms. The molecule has 10 nitrogen and oxygen atoms in total. The maximum atomic E-state index is 13.5. The Labute approximate surface area is 211 Å². The van der Waals surface area contributed by atoms with Gasteiger partial charge in [0, 0.05) is 0 Å². The molecule has 37 heavy (non-hydrogen) atoms. The van der Waals surface area contributed by atoms with E-state index in [2.05, 4.69) is 10.1 Å². The van der Waals surface area contributed by atoms with Gasteiger partial charge >= 0.3 is 12.0 Å². The second-order valence-electron chi connectivity index (χ2n) is 7.81. The van der Waals surface area contributed by atoms with Crippen molar-refractivity contribution in [2.75, 3.05) is 21.3 Å². The van der Waals surface area contributed by atoms with Crippen molar-refractivity contribution in [2.24, 2.45) is 0 Å². The first kappa shape index (κ1) is 25.3. The first-order valence-electron chi connectivity index (χ1n) is 11.0. The molecule has 0 atom stereocenters. The van der Waals surface area contributed by atoms with Crippen LogP contribution in [0.15, 0.2) is 58.6 Å². The molecule has 3 amide bonds. The van der Waals surface area contributed by atoms with E-state index in [1.54, 1.807) is 24.3 Å². The van der Waals surface area contributed by atoms with Crippen molar-refractivity contribution in [3.8, 4) is 17.2 Å². The third-order valence-electron chi connectivity index (χ3n) is 5.39. The van der Waals surface area contributed by atoms with Crippen molar-refractivity contribution in [3.63, 3.8) is 0 Å². The fourth-order valence-electron chi connectivity index (χ4n) is 3.62. The number of urea groups is 1. The molecule has 4 rings (SSSR count). The zero-order valence-electron chi connectivity index (χ0n) is 20.2. The first-order chi connectivity index (χ1) is 17.8. The highest BCUT2D eigenvalue weighted by atomic mass is 19.1. The Morgan fingerprint density at radius 2 is 1.78 bits per heavy atom. The third kappa shape index (κ3) is 5.56. The number of methoxy groups -OCH3 is 3. The number of halogens is 1. The Balaban J connectivity index is 1.54. The van der Waals surface area contributed by atoms with Gasteiger partial charge in [-0.05, 0) is 53.6 Å². The number of amides is 3. The molecule has 2 aromatic carbocycles. The van der Waals surface area contributed by atoms with E-state index in [1.807, 2.05) is 0 Å². The zero-order valence-corrected chi connectivity index (χ0v) is 20.2. The van der Waals surface area contributed by atoms with Crippen LogP contribution in [0, 0.1) is 5.82 Å². The summed E-state index contributed by atoms with van der Waals surface area (Å²) in [4.78, 5) is 37.9. The van der Waals surface area contributed by atoms with E-state index in [1.165, 1.54) is 51.7 Å². The number of hydrogen-bond acceptors (Lipinski definition) is 8.